The Morgan fingerprint density at radius 1 is 1.32 bits per heavy atom. The molecule has 0 spiro atoms. The van der Waals surface area contributed by atoms with Gasteiger partial charge in [0.05, 0.1) is 30.7 Å². The molecule has 1 amide bonds. The number of hydrogen-bond acceptors (Lipinski definition) is 3. The number of benzene rings is 1. The average molecular weight is 344 g/mol. The molecule has 1 atom stereocenters. The Morgan fingerprint density at radius 2 is 2.12 bits per heavy atom. The van der Waals surface area contributed by atoms with Crippen molar-refractivity contribution in [3.63, 3.8) is 0 Å². The minimum absolute atomic E-state index is 0.00607. The summed E-state index contributed by atoms with van der Waals surface area (Å²) in [7, 11) is 0. The van der Waals surface area contributed by atoms with E-state index in [1.54, 1.807) is 31.2 Å². The summed E-state index contributed by atoms with van der Waals surface area (Å²) in [6.07, 6.45) is 1.13. The Morgan fingerprint density at radius 3 is 2.80 bits per heavy atom. The second kappa shape index (κ2) is 6.80. The van der Waals surface area contributed by atoms with Gasteiger partial charge >= 0.3 is 5.97 Å². The molecule has 0 aliphatic heterocycles. The molecule has 3 N–H and O–H groups in total. The van der Waals surface area contributed by atoms with Gasteiger partial charge < -0.3 is 19.8 Å². The molecule has 0 unspecified atom stereocenters. The maximum absolute atomic E-state index is 13.8. The van der Waals surface area contributed by atoms with Gasteiger partial charge in [0, 0.05) is 11.1 Å². The van der Waals surface area contributed by atoms with E-state index in [2.05, 4.69) is 10.3 Å². The number of para-hydroxylation sites is 1. The van der Waals surface area contributed by atoms with Crippen LogP contribution in [0, 0.1) is 12.7 Å². The van der Waals surface area contributed by atoms with Crippen LogP contribution in [-0.2, 0) is 16.0 Å². The Hall–Kier alpha value is -3.09. The maximum atomic E-state index is 13.8. The van der Waals surface area contributed by atoms with Crippen LogP contribution >= 0.6 is 0 Å². The van der Waals surface area contributed by atoms with Crippen molar-refractivity contribution in [1.82, 2.24) is 10.3 Å². The molecular weight excluding hydrogens is 327 g/mol. The summed E-state index contributed by atoms with van der Waals surface area (Å²) in [6.45, 7) is 1.77. The number of furan rings is 1. The molecule has 2 heterocycles. The number of aromatic nitrogens is 1. The smallest absolute Gasteiger partial charge is 0.305 e. The number of carboxylic acids is 1. The molecule has 3 rings (SSSR count). The van der Waals surface area contributed by atoms with Crippen LogP contribution in [0.3, 0.4) is 0 Å². The monoisotopic (exact) mass is 344 g/mol. The van der Waals surface area contributed by atoms with Crippen LogP contribution in [0.5, 0.6) is 0 Å². The molecule has 6 nitrogen and oxygen atoms in total. The second-order valence-corrected chi connectivity index (χ2v) is 5.80. The van der Waals surface area contributed by atoms with Gasteiger partial charge in [0.1, 0.15) is 11.6 Å². The van der Waals surface area contributed by atoms with Crippen LogP contribution in [0.25, 0.3) is 10.9 Å². The van der Waals surface area contributed by atoms with Gasteiger partial charge in [0.2, 0.25) is 5.91 Å². The quantitative estimate of drug-likeness (QED) is 0.640. The van der Waals surface area contributed by atoms with Crippen molar-refractivity contribution >= 4 is 22.8 Å². The molecule has 25 heavy (non-hydrogen) atoms. The van der Waals surface area contributed by atoms with E-state index in [-0.39, 0.29) is 24.6 Å². The first-order valence-electron chi connectivity index (χ1n) is 7.76. The fourth-order valence-electron chi connectivity index (χ4n) is 2.89. The molecule has 0 bridgehead atoms. The van der Waals surface area contributed by atoms with Crippen molar-refractivity contribution in [2.24, 2.45) is 0 Å². The molecule has 1 aromatic carbocycles. The van der Waals surface area contributed by atoms with Gasteiger partial charge in [-0.25, -0.2) is 4.39 Å². The largest absolute Gasteiger partial charge is 0.481 e. The van der Waals surface area contributed by atoms with E-state index in [1.165, 1.54) is 12.3 Å². The van der Waals surface area contributed by atoms with Crippen molar-refractivity contribution in [2.45, 2.75) is 25.8 Å². The molecule has 2 aromatic heterocycles. The zero-order valence-electron chi connectivity index (χ0n) is 13.5. The predicted molar refractivity (Wildman–Crippen MR) is 88.5 cm³/mol. The molecular formula is C18H17FN2O4. The summed E-state index contributed by atoms with van der Waals surface area (Å²) in [5.74, 6) is -1.42. The fourth-order valence-corrected chi connectivity index (χ4v) is 2.89. The summed E-state index contributed by atoms with van der Waals surface area (Å²) in [5.41, 5.74) is 1.74. The summed E-state index contributed by atoms with van der Waals surface area (Å²) in [4.78, 5) is 26.4. The highest BCUT2D eigenvalue weighted by Crippen LogP contribution is 2.25. The lowest BCUT2D eigenvalue weighted by Crippen LogP contribution is -2.31. The zero-order chi connectivity index (χ0) is 18.0. The van der Waals surface area contributed by atoms with E-state index in [1.807, 2.05) is 0 Å². The van der Waals surface area contributed by atoms with Gasteiger partial charge in [-0.3, -0.25) is 9.59 Å². The Balaban J connectivity index is 1.81. The third kappa shape index (κ3) is 3.55. The predicted octanol–water partition coefficient (Wildman–Crippen LogP) is 3.08. The van der Waals surface area contributed by atoms with Crippen molar-refractivity contribution in [3.05, 3.63) is 59.4 Å². The molecule has 0 saturated heterocycles. The number of carboxylic acid groups (broad SMARTS) is 1. The topological polar surface area (TPSA) is 95.3 Å². The number of nitrogens with one attached hydrogen (secondary N) is 2. The number of aromatic amines is 1. The van der Waals surface area contributed by atoms with Gasteiger partial charge in [-0.15, -0.1) is 0 Å². The Labute approximate surface area is 142 Å². The van der Waals surface area contributed by atoms with Gasteiger partial charge in [-0.2, -0.15) is 0 Å². The summed E-state index contributed by atoms with van der Waals surface area (Å²) >= 11 is 0. The van der Waals surface area contributed by atoms with Gasteiger partial charge in [-0.1, -0.05) is 12.1 Å². The number of aliphatic carboxylic acids is 1. The van der Waals surface area contributed by atoms with Gasteiger partial charge in [0.25, 0.3) is 0 Å². The molecule has 0 fully saturated rings. The van der Waals surface area contributed by atoms with Crippen LogP contribution in [-0.4, -0.2) is 22.0 Å². The minimum atomic E-state index is -1.05. The molecule has 0 aliphatic carbocycles. The van der Waals surface area contributed by atoms with Crippen LogP contribution in [0.1, 0.15) is 29.5 Å². The third-order valence-electron chi connectivity index (χ3n) is 4.04. The first kappa shape index (κ1) is 16.8. The normalized spacial score (nSPS) is 12.2. The number of H-pyrrole nitrogens is 1. The Kier molecular flexibility index (Phi) is 4.56. The summed E-state index contributed by atoms with van der Waals surface area (Å²) in [6, 6.07) is 7.15. The van der Waals surface area contributed by atoms with Crippen LogP contribution in [0.2, 0.25) is 0 Å². The molecule has 0 radical (unpaired) electrons. The van der Waals surface area contributed by atoms with E-state index in [9.17, 15) is 14.0 Å². The number of aryl methyl sites for hydroxylation is 1. The third-order valence-corrected chi connectivity index (χ3v) is 4.04. The highest BCUT2D eigenvalue weighted by Gasteiger charge is 2.22. The fraction of sp³-hybridized carbons (Fsp3) is 0.222. The van der Waals surface area contributed by atoms with E-state index in [4.69, 9.17) is 9.52 Å². The highest BCUT2D eigenvalue weighted by atomic mass is 19.1. The summed E-state index contributed by atoms with van der Waals surface area (Å²) < 4.78 is 19.1. The van der Waals surface area contributed by atoms with E-state index in [0.717, 1.165) is 0 Å². The Bertz CT molecular complexity index is 915. The number of hydrogen-bond donors (Lipinski definition) is 3. The first-order chi connectivity index (χ1) is 12.0. The van der Waals surface area contributed by atoms with Crippen molar-refractivity contribution in [3.8, 4) is 0 Å². The van der Waals surface area contributed by atoms with Crippen molar-refractivity contribution in [2.75, 3.05) is 0 Å². The number of fused-ring (bicyclic) bond motifs is 1. The number of carbonyl (C=O) groups excluding carboxylic acids is 1. The molecule has 0 saturated carbocycles. The van der Waals surface area contributed by atoms with Gasteiger partial charge in [0.15, 0.2) is 0 Å². The molecule has 7 heteroatoms. The van der Waals surface area contributed by atoms with Crippen molar-refractivity contribution < 1.29 is 23.5 Å². The lowest BCUT2D eigenvalue weighted by atomic mass is 10.1. The zero-order valence-corrected chi connectivity index (χ0v) is 13.5. The standard InChI is InChI=1S/C18H17FN2O4/c1-10-12(11-4-2-5-13(19)18(11)20-10)8-16(22)21-14(9-17(23)24)15-6-3-7-25-15/h2-7,14,20H,8-9H2,1H3,(H,21,22)(H,23,24)/t14-/m0/s1. The van der Waals surface area contributed by atoms with Gasteiger partial charge in [-0.05, 0) is 30.7 Å². The molecule has 130 valence electrons. The molecule has 3 aromatic rings. The number of rotatable bonds is 6. The maximum Gasteiger partial charge on any atom is 0.305 e. The van der Waals surface area contributed by atoms with E-state index >= 15 is 0 Å². The van der Waals surface area contributed by atoms with Crippen LogP contribution in [0.4, 0.5) is 4.39 Å². The molecule has 0 aliphatic rings. The average Bonchev–Trinajstić information content (AvgIpc) is 3.17. The second-order valence-electron chi connectivity index (χ2n) is 5.80. The van der Waals surface area contributed by atoms with Crippen molar-refractivity contribution in [1.29, 1.82) is 0 Å². The van der Waals surface area contributed by atoms with Crippen LogP contribution < -0.4 is 5.32 Å². The number of carbonyl (C=O) groups is 2. The SMILES string of the molecule is Cc1[nH]c2c(F)cccc2c1CC(=O)N[C@@H](CC(=O)O)c1ccco1. The number of amides is 1. The van der Waals surface area contributed by atoms with E-state index < -0.39 is 12.0 Å². The van der Waals surface area contributed by atoms with Crippen LogP contribution in [0.15, 0.2) is 41.0 Å². The summed E-state index contributed by atoms with van der Waals surface area (Å²) in [5, 5.41) is 12.3. The first-order valence-corrected chi connectivity index (χ1v) is 7.76. The lowest BCUT2D eigenvalue weighted by Gasteiger charge is -2.14. The number of halogens is 1. The minimum Gasteiger partial charge on any atom is -0.481 e. The lowest BCUT2D eigenvalue weighted by molar-refractivity contribution is -0.137. The highest BCUT2D eigenvalue weighted by molar-refractivity contribution is 5.90. The van der Waals surface area contributed by atoms with E-state index in [0.29, 0.717) is 27.9 Å².